The van der Waals surface area contributed by atoms with E-state index in [2.05, 4.69) is 6.92 Å². The molecule has 0 spiro atoms. The highest BCUT2D eigenvalue weighted by Gasteiger charge is 2.44. The van der Waals surface area contributed by atoms with Crippen LogP contribution in [0.2, 0.25) is 0 Å². The van der Waals surface area contributed by atoms with Crippen LogP contribution >= 0.6 is 0 Å². The summed E-state index contributed by atoms with van der Waals surface area (Å²) in [6, 6.07) is 11.5. The van der Waals surface area contributed by atoms with Gasteiger partial charge in [-0.3, -0.25) is 9.59 Å². The lowest BCUT2D eigenvalue weighted by molar-refractivity contribution is -0.144. The highest BCUT2D eigenvalue weighted by Crippen LogP contribution is 2.47. The van der Waals surface area contributed by atoms with E-state index in [9.17, 15) is 14.7 Å². The zero-order valence-electron chi connectivity index (χ0n) is 27.9. The Bertz CT molecular complexity index is 1430. The number of aliphatic hydroxyl groups is 1. The van der Waals surface area contributed by atoms with Crippen molar-refractivity contribution < 1.29 is 42.8 Å². The van der Waals surface area contributed by atoms with E-state index in [-0.39, 0.29) is 30.6 Å². The largest absolute Gasteiger partial charge is 0.465 e. The number of furan rings is 1. The molecule has 1 N–H and O–H groups in total. The number of hydrogen-bond donors (Lipinski definition) is 1. The fraction of sp³-hybridized carbons (Fsp3) is 0.514. The van der Waals surface area contributed by atoms with Crippen molar-refractivity contribution in [2.45, 2.75) is 71.0 Å². The summed E-state index contributed by atoms with van der Waals surface area (Å²) in [4.78, 5) is 26.5. The Balaban J connectivity index is 1.34. The monoisotopic (exact) mass is 636 g/mol. The minimum atomic E-state index is -0.908. The molecule has 0 fully saturated rings. The Labute approximate surface area is 272 Å². The molecule has 0 radical (unpaired) electrons. The number of ether oxygens (including phenoxy) is 5. The summed E-state index contributed by atoms with van der Waals surface area (Å²) in [5.74, 6) is 2.24. The van der Waals surface area contributed by atoms with Crippen LogP contribution in [0.15, 0.2) is 75.9 Å². The second-order valence-corrected chi connectivity index (χ2v) is 12.2. The Morgan fingerprint density at radius 2 is 1.91 bits per heavy atom. The lowest BCUT2D eigenvalue weighted by Crippen LogP contribution is -2.37. The summed E-state index contributed by atoms with van der Waals surface area (Å²) in [5, 5.41) is 10.6. The molecule has 1 aliphatic heterocycles. The average Bonchev–Trinajstić information content (AvgIpc) is 3.48. The maximum Gasteiger partial charge on any atom is 0.309 e. The lowest BCUT2D eigenvalue weighted by atomic mass is 9.72. The van der Waals surface area contributed by atoms with Gasteiger partial charge in [-0.05, 0) is 51.3 Å². The molecule has 9 heteroatoms. The van der Waals surface area contributed by atoms with E-state index in [0.29, 0.717) is 49.7 Å². The molecule has 1 aromatic carbocycles. The lowest BCUT2D eigenvalue weighted by Gasteiger charge is -2.38. The summed E-state index contributed by atoms with van der Waals surface area (Å²) in [6.07, 6.45) is 5.25. The second-order valence-electron chi connectivity index (χ2n) is 12.2. The number of carbonyl (C=O) groups is 2. The summed E-state index contributed by atoms with van der Waals surface area (Å²) in [5.41, 5.74) is 1.70. The van der Waals surface area contributed by atoms with Crippen molar-refractivity contribution in [1.82, 2.24) is 0 Å². The number of methoxy groups -OCH3 is 2. The number of allylic oxidation sites excluding steroid dienone is 1. The van der Waals surface area contributed by atoms with Gasteiger partial charge < -0.3 is 33.2 Å². The quantitative estimate of drug-likeness (QED) is 0.128. The zero-order chi connectivity index (χ0) is 33.3. The number of carbonyl (C=O) groups excluding carboxylic acids is 2. The SMILES string of the molecule is CCC1CC2=C(C(=O)C1CCOC(=O)CC=CC(O)C=C(C)C(C)(COC)c1ccc(C)o1)C(OCCOC)c1ccccc1O2. The zero-order valence-corrected chi connectivity index (χ0v) is 27.9. The molecule has 0 saturated heterocycles. The Kier molecular flexibility index (Phi) is 12.6. The van der Waals surface area contributed by atoms with E-state index in [4.69, 9.17) is 28.1 Å². The van der Waals surface area contributed by atoms with E-state index in [1.807, 2.05) is 57.2 Å². The van der Waals surface area contributed by atoms with E-state index >= 15 is 0 Å². The summed E-state index contributed by atoms with van der Waals surface area (Å²) < 4.78 is 34.4. The third kappa shape index (κ3) is 8.25. The molecule has 0 bridgehead atoms. The van der Waals surface area contributed by atoms with Gasteiger partial charge in [-0.15, -0.1) is 0 Å². The molecule has 5 unspecified atom stereocenters. The molecule has 4 rings (SSSR count). The molecule has 1 aromatic heterocycles. The van der Waals surface area contributed by atoms with Crippen molar-refractivity contribution in [3.63, 3.8) is 0 Å². The van der Waals surface area contributed by atoms with Crippen molar-refractivity contribution in [3.05, 3.63) is 88.6 Å². The first kappa shape index (κ1) is 35.4. The third-order valence-electron chi connectivity index (χ3n) is 9.03. The maximum absolute atomic E-state index is 13.9. The molecule has 2 aliphatic rings. The first-order valence-corrected chi connectivity index (χ1v) is 16.0. The number of ketones is 1. The molecular weight excluding hydrogens is 588 g/mol. The number of para-hydroxylation sites is 1. The van der Waals surface area contributed by atoms with Gasteiger partial charge in [0, 0.05) is 32.1 Å². The number of Topliss-reactive ketones (excluding diaryl/α,β-unsaturated/α-hetero) is 1. The van der Waals surface area contributed by atoms with Crippen molar-refractivity contribution in [2.75, 3.05) is 40.6 Å². The van der Waals surface area contributed by atoms with Crippen molar-refractivity contribution in [2.24, 2.45) is 11.8 Å². The molecular formula is C37H48O9. The van der Waals surface area contributed by atoms with Crippen LogP contribution in [-0.2, 0) is 34.0 Å². The van der Waals surface area contributed by atoms with Gasteiger partial charge in [0.2, 0.25) is 0 Å². The number of aliphatic hydroxyl groups excluding tert-OH is 1. The van der Waals surface area contributed by atoms with E-state index < -0.39 is 23.6 Å². The van der Waals surface area contributed by atoms with Gasteiger partial charge in [-0.1, -0.05) is 55.3 Å². The molecule has 250 valence electrons. The summed E-state index contributed by atoms with van der Waals surface area (Å²) >= 11 is 0. The standard InChI is InChI=1S/C37H48O9/c1-7-26-22-31-34(36(44-20-19-41-5)29-12-8-9-13-30(29)46-31)35(40)28(26)17-18-43-33(39)14-10-11-27(38)21-24(2)37(4,23-42-6)32-16-15-25(3)45-32/h8-13,15-16,21,26-28,36,38H,7,14,17-20,22-23H2,1-6H3. The first-order valence-electron chi connectivity index (χ1n) is 16.0. The molecule has 0 saturated carbocycles. The predicted octanol–water partition coefficient (Wildman–Crippen LogP) is 6.34. The Morgan fingerprint density at radius 1 is 1.13 bits per heavy atom. The molecule has 9 nitrogen and oxygen atoms in total. The minimum Gasteiger partial charge on any atom is -0.465 e. The van der Waals surface area contributed by atoms with Crippen LogP contribution < -0.4 is 4.74 Å². The van der Waals surface area contributed by atoms with Crippen LogP contribution in [0.1, 0.15) is 69.6 Å². The Hall–Kier alpha value is -3.50. The minimum absolute atomic E-state index is 0.00181. The average molecular weight is 637 g/mol. The topological polar surface area (TPSA) is 114 Å². The van der Waals surface area contributed by atoms with Crippen LogP contribution in [0.5, 0.6) is 5.75 Å². The van der Waals surface area contributed by atoms with E-state index in [1.165, 1.54) is 0 Å². The van der Waals surface area contributed by atoms with Gasteiger partial charge in [0.1, 0.15) is 29.1 Å². The van der Waals surface area contributed by atoms with Gasteiger partial charge >= 0.3 is 5.97 Å². The summed E-state index contributed by atoms with van der Waals surface area (Å²) in [6.45, 7) is 9.12. The highest BCUT2D eigenvalue weighted by molar-refractivity contribution is 6.00. The molecule has 5 atom stereocenters. The summed E-state index contributed by atoms with van der Waals surface area (Å²) in [7, 11) is 3.24. The van der Waals surface area contributed by atoms with Crippen LogP contribution in [0, 0.1) is 18.8 Å². The van der Waals surface area contributed by atoms with Gasteiger partial charge in [-0.2, -0.15) is 0 Å². The van der Waals surface area contributed by atoms with Crippen LogP contribution in [-0.4, -0.2) is 63.6 Å². The van der Waals surface area contributed by atoms with Gasteiger partial charge in [-0.25, -0.2) is 0 Å². The van der Waals surface area contributed by atoms with Gasteiger partial charge in [0.15, 0.2) is 5.78 Å². The normalized spacial score (nSPS) is 21.8. The molecule has 0 amide bonds. The fourth-order valence-corrected chi connectivity index (χ4v) is 6.27. The van der Waals surface area contributed by atoms with Crippen LogP contribution in [0.3, 0.4) is 0 Å². The van der Waals surface area contributed by atoms with Crippen molar-refractivity contribution in [1.29, 1.82) is 0 Å². The fourth-order valence-electron chi connectivity index (χ4n) is 6.27. The van der Waals surface area contributed by atoms with E-state index in [0.717, 1.165) is 29.1 Å². The number of aryl methyl sites for hydroxylation is 1. The predicted molar refractivity (Wildman–Crippen MR) is 173 cm³/mol. The number of benzene rings is 1. The third-order valence-corrected chi connectivity index (χ3v) is 9.03. The number of fused-ring (bicyclic) bond motifs is 1. The van der Waals surface area contributed by atoms with Crippen LogP contribution in [0.4, 0.5) is 0 Å². The number of rotatable bonds is 16. The number of hydrogen-bond acceptors (Lipinski definition) is 9. The van der Waals surface area contributed by atoms with Crippen molar-refractivity contribution in [3.8, 4) is 5.75 Å². The van der Waals surface area contributed by atoms with E-state index in [1.54, 1.807) is 32.4 Å². The van der Waals surface area contributed by atoms with Crippen LogP contribution in [0.25, 0.3) is 0 Å². The maximum atomic E-state index is 13.9. The van der Waals surface area contributed by atoms with Gasteiger partial charge in [0.05, 0.1) is 49.9 Å². The molecule has 2 aromatic rings. The smallest absolute Gasteiger partial charge is 0.309 e. The highest BCUT2D eigenvalue weighted by atomic mass is 16.5. The Morgan fingerprint density at radius 3 is 2.61 bits per heavy atom. The van der Waals surface area contributed by atoms with Crippen molar-refractivity contribution >= 4 is 11.8 Å². The molecule has 2 heterocycles. The molecule has 46 heavy (non-hydrogen) atoms. The molecule has 1 aliphatic carbocycles. The van der Waals surface area contributed by atoms with Gasteiger partial charge in [0.25, 0.3) is 0 Å². The second kappa shape index (κ2) is 16.4. The first-order chi connectivity index (χ1) is 22.1. The number of esters is 1.